The Morgan fingerprint density at radius 3 is 2.50 bits per heavy atom. The highest BCUT2D eigenvalue weighted by Crippen LogP contribution is 2.15. The molecular weight excluding hydrogens is 178 g/mol. The van der Waals surface area contributed by atoms with Crippen LogP contribution in [-0.2, 0) is 4.74 Å². The molecule has 1 rings (SSSR count). The summed E-state index contributed by atoms with van der Waals surface area (Å²) in [6, 6.07) is 0.661. The Bertz CT molecular complexity index is 142. The van der Waals surface area contributed by atoms with Crippen LogP contribution in [0.3, 0.4) is 0 Å². The van der Waals surface area contributed by atoms with E-state index in [4.69, 9.17) is 9.84 Å². The molecule has 0 bridgehead atoms. The van der Waals surface area contributed by atoms with E-state index in [0.717, 1.165) is 32.4 Å². The first-order chi connectivity index (χ1) is 6.74. The minimum atomic E-state index is 0.241. The lowest BCUT2D eigenvalue weighted by Crippen LogP contribution is -2.41. The average Bonchev–Trinajstić information content (AvgIpc) is 2.19. The van der Waals surface area contributed by atoms with Crippen molar-refractivity contribution in [3.05, 3.63) is 0 Å². The lowest BCUT2D eigenvalue weighted by Gasteiger charge is -2.34. The van der Waals surface area contributed by atoms with Crippen molar-refractivity contribution < 1.29 is 9.84 Å². The Labute approximate surface area is 87.1 Å². The maximum Gasteiger partial charge on any atom is 0.0599 e. The monoisotopic (exact) mass is 201 g/mol. The molecule has 3 nitrogen and oxygen atoms in total. The van der Waals surface area contributed by atoms with E-state index in [0.29, 0.717) is 18.8 Å². The van der Waals surface area contributed by atoms with E-state index in [1.54, 1.807) is 0 Å². The van der Waals surface area contributed by atoms with Gasteiger partial charge in [0.1, 0.15) is 0 Å². The van der Waals surface area contributed by atoms with Gasteiger partial charge in [-0.3, -0.25) is 0 Å². The van der Waals surface area contributed by atoms with Crippen LogP contribution in [0.25, 0.3) is 0 Å². The second-order valence-corrected chi connectivity index (χ2v) is 4.28. The highest BCUT2D eigenvalue weighted by Gasteiger charge is 2.20. The third-order valence-corrected chi connectivity index (χ3v) is 2.86. The molecule has 1 N–H and O–H groups in total. The molecule has 1 aliphatic heterocycles. The topological polar surface area (TPSA) is 32.7 Å². The average molecular weight is 201 g/mol. The van der Waals surface area contributed by atoms with Gasteiger partial charge in [-0.1, -0.05) is 0 Å². The summed E-state index contributed by atoms with van der Waals surface area (Å²) in [4.78, 5) is 2.49. The molecule has 0 amide bonds. The van der Waals surface area contributed by atoms with Crippen molar-refractivity contribution in [1.82, 2.24) is 4.90 Å². The second kappa shape index (κ2) is 6.38. The van der Waals surface area contributed by atoms with E-state index < -0.39 is 0 Å². The minimum Gasteiger partial charge on any atom is -0.396 e. The Balaban J connectivity index is 2.09. The number of hydrogen-bond donors (Lipinski definition) is 1. The molecule has 3 heteroatoms. The largest absolute Gasteiger partial charge is 0.396 e. The summed E-state index contributed by atoms with van der Waals surface area (Å²) < 4.78 is 5.66. The standard InChI is InChI=1S/C11H23NO2/c1-10(2)12-6-4-11(5-7-12)14-9-3-8-13/h10-11,13H,3-9H2,1-2H3. The van der Waals surface area contributed by atoms with E-state index in [2.05, 4.69) is 18.7 Å². The van der Waals surface area contributed by atoms with Gasteiger partial charge < -0.3 is 14.7 Å². The van der Waals surface area contributed by atoms with Crippen LogP contribution in [0.1, 0.15) is 33.1 Å². The Morgan fingerprint density at radius 1 is 1.36 bits per heavy atom. The zero-order valence-corrected chi connectivity index (χ0v) is 9.41. The van der Waals surface area contributed by atoms with Crippen LogP contribution in [0, 0.1) is 0 Å². The predicted octanol–water partition coefficient (Wildman–Crippen LogP) is 1.26. The summed E-state index contributed by atoms with van der Waals surface area (Å²) in [5, 5.41) is 8.62. The van der Waals surface area contributed by atoms with Gasteiger partial charge in [0.25, 0.3) is 0 Å². The van der Waals surface area contributed by atoms with Gasteiger partial charge in [0.15, 0.2) is 0 Å². The van der Waals surface area contributed by atoms with E-state index in [1.807, 2.05) is 0 Å². The lowest BCUT2D eigenvalue weighted by atomic mass is 10.1. The smallest absolute Gasteiger partial charge is 0.0599 e. The first-order valence-corrected chi connectivity index (χ1v) is 5.70. The minimum absolute atomic E-state index is 0.241. The van der Waals surface area contributed by atoms with Gasteiger partial charge >= 0.3 is 0 Å². The first-order valence-electron chi connectivity index (χ1n) is 5.70. The number of aliphatic hydroxyl groups is 1. The first kappa shape index (κ1) is 12.0. The van der Waals surface area contributed by atoms with E-state index >= 15 is 0 Å². The number of hydrogen-bond acceptors (Lipinski definition) is 3. The molecule has 0 aromatic rings. The molecule has 14 heavy (non-hydrogen) atoms. The normalized spacial score (nSPS) is 20.6. The number of ether oxygens (including phenoxy) is 1. The summed E-state index contributed by atoms with van der Waals surface area (Å²) in [7, 11) is 0. The van der Waals surface area contributed by atoms with Crippen molar-refractivity contribution in [2.75, 3.05) is 26.3 Å². The molecule has 1 aliphatic rings. The van der Waals surface area contributed by atoms with Crippen molar-refractivity contribution >= 4 is 0 Å². The van der Waals surface area contributed by atoms with Gasteiger partial charge in [0.2, 0.25) is 0 Å². The Kier molecular flexibility index (Phi) is 5.45. The fourth-order valence-corrected chi connectivity index (χ4v) is 1.87. The molecule has 0 radical (unpaired) electrons. The Hall–Kier alpha value is -0.120. The zero-order valence-electron chi connectivity index (χ0n) is 9.41. The maximum atomic E-state index is 8.62. The molecule has 0 aliphatic carbocycles. The second-order valence-electron chi connectivity index (χ2n) is 4.28. The summed E-state index contributed by atoms with van der Waals surface area (Å²) in [5.41, 5.74) is 0. The fourth-order valence-electron chi connectivity index (χ4n) is 1.87. The molecule has 0 saturated carbocycles. The van der Waals surface area contributed by atoms with Gasteiger partial charge in [0, 0.05) is 32.3 Å². The molecule has 0 aromatic heterocycles. The highest BCUT2D eigenvalue weighted by atomic mass is 16.5. The van der Waals surface area contributed by atoms with E-state index in [1.165, 1.54) is 0 Å². The molecule has 0 spiro atoms. The molecular formula is C11H23NO2. The van der Waals surface area contributed by atoms with Crippen LogP contribution >= 0.6 is 0 Å². The SMILES string of the molecule is CC(C)N1CCC(OCCCO)CC1. The summed E-state index contributed by atoms with van der Waals surface area (Å²) in [6.45, 7) is 7.75. The summed E-state index contributed by atoms with van der Waals surface area (Å²) in [6.07, 6.45) is 3.48. The number of piperidine rings is 1. The zero-order chi connectivity index (χ0) is 10.4. The fraction of sp³-hybridized carbons (Fsp3) is 1.00. The number of nitrogens with zero attached hydrogens (tertiary/aromatic N) is 1. The van der Waals surface area contributed by atoms with Gasteiger partial charge in [-0.25, -0.2) is 0 Å². The third kappa shape index (κ3) is 3.95. The molecule has 0 aromatic carbocycles. The molecule has 84 valence electrons. The highest BCUT2D eigenvalue weighted by molar-refractivity contribution is 4.74. The molecule has 1 heterocycles. The molecule has 1 saturated heterocycles. The van der Waals surface area contributed by atoms with Crippen molar-refractivity contribution in [1.29, 1.82) is 0 Å². The van der Waals surface area contributed by atoms with E-state index in [9.17, 15) is 0 Å². The van der Waals surface area contributed by atoms with Crippen molar-refractivity contribution in [2.24, 2.45) is 0 Å². The van der Waals surface area contributed by atoms with Gasteiger partial charge in [-0.15, -0.1) is 0 Å². The van der Waals surface area contributed by atoms with Crippen molar-refractivity contribution in [3.63, 3.8) is 0 Å². The van der Waals surface area contributed by atoms with Crippen LogP contribution in [0.15, 0.2) is 0 Å². The number of likely N-dealkylation sites (tertiary alicyclic amines) is 1. The van der Waals surface area contributed by atoms with Crippen LogP contribution in [0.4, 0.5) is 0 Å². The molecule has 0 unspecified atom stereocenters. The van der Waals surface area contributed by atoms with Crippen LogP contribution in [-0.4, -0.2) is 48.5 Å². The summed E-state index contributed by atoms with van der Waals surface area (Å²) in [5.74, 6) is 0. The molecule has 0 atom stereocenters. The number of rotatable bonds is 5. The predicted molar refractivity (Wildman–Crippen MR) is 57.4 cm³/mol. The molecule has 1 fully saturated rings. The Morgan fingerprint density at radius 2 is 2.00 bits per heavy atom. The van der Waals surface area contributed by atoms with Gasteiger partial charge in [-0.05, 0) is 33.1 Å². The quantitative estimate of drug-likeness (QED) is 0.680. The summed E-state index contributed by atoms with van der Waals surface area (Å²) >= 11 is 0. The van der Waals surface area contributed by atoms with Gasteiger partial charge in [0.05, 0.1) is 6.10 Å². The lowest BCUT2D eigenvalue weighted by molar-refractivity contribution is -0.00334. The van der Waals surface area contributed by atoms with Gasteiger partial charge in [-0.2, -0.15) is 0 Å². The van der Waals surface area contributed by atoms with Crippen molar-refractivity contribution in [3.8, 4) is 0 Å². The maximum absolute atomic E-state index is 8.62. The van der Waals surface area contributed by atoms with Crippen LogP contribution in [0.2, 0.25) is 0 Å². The van der Waals surface area contributed by atoms with Crippen molar-refractivity contribution in [2.45, 2.75) is 45.3 Å². The van der Waals surface area contributed by atoms with E-state index in [-0.39, 0.29) is 6.61 Å². The van der Waals surface area contributed by atoms with Crippen LogP contribution in [0.5, 0.6) is 0 Å². The third-order valence-electron chi connectivity index (χ3n) is 2.86. The van der Waals surface area contributed by atoms with Crippen LogP contribution < -0.4 is 0 Å². The number of aliphatic hydroxyl groups excluding tert-OH is 1.